The Bertz CT molecular complexity index is 299. The predicted octanol–water partition coefficient (Wildman–Crippen LogP) is 1.41. The van der Waals surface area contributed by atoms with Crippen LogP contribution in [0.4, 0.5) is 0 Å². The third-order valence-electron chi connectivity index (χ3n) is 3.05. The summed E-state index contributed by atoms with van der Waals surface area (Å²) >= 11 is 0. The standard InChI is InChI=1S/C11H19N3/c1-9-10(8-14(2)13-9)6-7-12-11-4-3-5-11/h8,11-12H,3-7H2,1-2H3. The monoisotopic (exact) mass is 193 g/mol. The Kier molecular flexibility index (Phi) is 2.87. The molecule has 3 heteroatoms. The van der Waals surface area contributed by atoms with Gasteiger partial charge in [0, 0.05) is 19.3 Å². The first-order valence-corrected chi connectivity index (χ1v) is 5.48. The van der Waals surface area contributed by atoms with Crippen molar-refractivity contribution in [1.82, 2.24) is 15.1 Å². The quantitative estimate of drug-likeness (QED) is 0.783. The zero-order valence-corrected chi connectivity index (χ0v) is 9.08. The van der Waals surface area contributed by atoms with E-state index < -0.39 is 0 Å². The molecule has 0 bridgehead atoms. The predicted molar refractivity (Wildman–Crippen MR) is 57.3 cm³/mol. The first kappa shape index (κ1) is 9.71. The van der Waals surface area contributed by atoms with Gasteiger partial charge in [-0.25, -0.2) is 0 Å². The fourth-order valence-electron chi connectivity index (χ4n) is 1.92. The molecule has 0 saturated heterocycles. The van der Waals surface area contributed by atoms with Crippen LogP contribution in [-0.4, -0.2) is 22.4 Å². The van der Waals surface area contributed by atoms with E-state index in [4.69, 9.17) is 0 Å². The van der Waals surface area contributed by atoms with E-state index in [1.165, 1.54) is 30.5 Å². The van der Waals surface area contributed by atoms with Crippen LogP contribution in [0, 0.1) is 6.92 Å². The van der Waals surface area contributed by atoms with Gasteiger partial charge in [0.1, 0.15) is 0 Å². The summed E-state index contributed by atoms with van der Waals surface area (Å²) in [5.74, 6) is 0. The minimum Gasteiger partial charge on any atom is -0.314 e. The summed E-state index contributed by atoms with van der Waals surface area (Å²) in [5.41, 5.74) is 2.54. The second-order valence-electron chi connectivity index (χ2n) is 4.25. The lowest BCUT2D eigenvalue weighted by atomic mass is 9.93. The van der Waals surface area contributed by atoms with Crippen molar-refractivity contribution in [2.75, 3.05) is 6.54 Å². The number of hydrogen-bond acceptors (Lipinski definition) is 2. The largest absolute Gasteiger partial charge is 0.314 e. The molecule has 0 radical (unpaired) electrons. The van der Waals surface area contributed by atoms with E-state index in [2.05, 4.69) is 23.5 Å². The lowest BCUT2D eigenvalue weighted by Gasteiger charge is -2.26. The molecule has 0 unspecified atom stereocenters. The van der Waals surface area contributed by atoms with Crippen molar-refractivity contribution >= 4 is 0 Å². The average Bonchev–Trinajstić information content (AvgIpc) is 2.36. The van der Waals surface area contributed by atoms with Crippen molar-refractivity contribution in [2.24, 2.45) is 7.05 Å². The first-order chi connectivity index (χ1) is 6.75. The highest BCUT2D eigenvalue weighted by atomic mass is 15.2. The van der Waals surface area contributed by atoms with Gasteiger partial charge in [-0.3, -0.25) is 4.68 Å². The van der Waals surface area contributed by atoms with Gasteiger partial charge in [-0.05, 0) is 38.3 Å². The molecule has 1 aliphatic rings. The second kappa shape index (κ2) is 4.13. The maximum Gasteiger partial charge on any atom is 0.0626 e. The SMILES string of the molecule is Cc1nn(C)cc1CCNC1CCC1. The lowest BCUT2D eigenvalue weighted by molar-refractivity contribution is 0.342. The third-order valence-corrected chi connectivity index (χ3v) is 3.05. The molecule has 0 spiro atoms. The third kappa shape index (κ3) is 2.15. The van der Waals surface area contributed by atoms with Gasteiger partial charge in [-0.1, -0.05) is 6.42 Å². The van der Waals surface area contributed by atoms with Crippen LogP contribution in [0.1, 0.15) is 30.5 Å². The molecule has 0 amide bonds. The van der Waals surface area contributed by atoms with Gasteiger partial charge >= 0.3 is 0 Å². The summed E-state index contributed by atoms with van der Waals surface area (Å²) in [4.78, 5) is 0. The molecule has 1 fully saturated rings. The normalized spacial score (nSPS) is 17.0. The second-order valence-corrected chi connectivity index (χ2v) is 4.25. The van der Waals surface area contributed by atoms with E-state index in [0.29, 0.717) is 0 Å². The highest BCUT2D eigenvalue weighted by Gasteiger charge is 2.15. The molecular weight excluding hydrogens is 174 g/mol. The lowest BCUT2D eigenvalue weighted by Crippen LogP contribution is -2.36. The Balaban J connectivity index is 1.76. The average molecular weight is 193 g/mol. The maximum absolute atomic E-state index is 4.33. The Morgan fingerprint density at radius 3 is 2.86 bits per heavy atom. The molecule has 14 heavy (non-hydrogen) atoms. The van der Waals surface area contributed by atoms with E-state index >= 15 is 0 Å². The molecule has 0 aliphatic heterocycles. The summed E-state index contributed by atoms with van der Waals surface area (Å²) < 4.78 is 1.90. The van der Waals surface area contributed by atoms with Crippen LogP contribution >= 0.6 is 0 Å². The number of nitrogens with one attached hydrogen (secondary N) is 1. The molecule has 1 heterocycles. The van der Waals surface area contributed by atoms with E-state index in [-0.39, 0.29) is 0 Å². The van der Waals surface area contributed by atoms with Gasteiger partial charge in [-0.2, -0.15) is 5.10 Å². The van der Waals surface area contributed by atoms with Crippen LogP contribution in [0.15, 0.2) is 6.20 Å². The number of nitrogens with zero attached hydrogens (tertiary/aromatic N) is 2. The number of aromatic nitrogens is 2. The number of hydrogen-bond donors (Lipinski definition) is 1. The summed E-state index contributed by atoms with van der Waals surface area (Å²) in [6.45, 7) is 3.18. The molecule has 78 valence electrons. The molecule has 2 rings (SSSR count). The topological polar surface area (TPSA) is 29.9 Å². The van der Waals surface area contributed by atoms with E-state index in [1.807, 2.05) is 11.7 Å². The van der Waals surface area contributed by atoms with Crippen LogP contribution in [-0.2, 0) is 13.5 Å². The highest BCUT2D eigenvalue weighted by molar-refractivity contribution is 5.15. The van der Waals surface area contributed by atoms with Crippen LogP contribution in [0.5, 0.6) is 0 Å². The van der Waals surface area contributed by atoms with Gasteiger partial charge in [0.2, 0.25) is 0 Å². The Morgan fingerprint density at radius 1 is 1.57 bits per heavy atom. The Labute approximate surface area is 85.5 Å². The number of aryl methyl sites for hydroxylation is 2. The molecule has 1 aliphatic carbocycles. The summed E-state index contributed by atoms with van der Waals surface area (Å²) in [5, 5.41) is 7.90. The molecule has 0 aromatic carbocycles. The maximum atomic E-state index is 4.33. The molecule has 1 saturated carbocycles. The van der Waals surface area contributed by atoms with Crippen molar-refractivity contribution in [3.05, 3.63) is 17.5 Å². The zero-order valence-electron chi connectivity index (χ0n) is 9.08. The van der Waals surface area contributed by atoms with Crippen molar-refractivity contribution in [2.45, 2.75) is 38.6 Å². The van der Waals surface area contributed by atoms with E-state index in [1.54, 1.807) is 0 Å². The molecule has 1 aromatic rings. The first-order valence-electron chi connectivity index (χ1n) is 5.48. The van der Waals surface area contributed by atoms with Crippen molar-refractivity contribution in [3.63, 3.8) is 0 Å². The van der Waals surface area contributed by atoms with Crippen molar-refractivity contribution in [3.8, 4) is 0 Å². The van der Waals surface area contributed by atoms with Gasteiger partial charge in [-0.15, -0.1) is 0 Å². The molecule has 0 atom stereocenters. The van der Waals surface area contributed by atoms with Crippen LogP contribution in [0.2, 0.25) is 0 Å². The van der Waals surface area contributed by atoms with Crippen LogP contribution < -0.4 is 5.32 Å². The molecule has 1 N–H and O–H groups in total. The molecule has 1 aromatic heterocycles. The van der Waals surface area contributed by atoms with Crippen LogP contribution in [0.3, 0.4) is 0 Å². The van der Waals surface area contributed by atoms with Crippen LogP contribution in [0.25, 0.3) is 0 Å². The molecule has 3 nitrogen and oxygen atoms in total. The fraction of sp³-hybridized carbons (Fsp3) is 0.727. The molecular formula is C11H19N3. The van der Waals surface area contributed by atoms with E-state index in [0.717, 1.165) is 19.0 Å². The van der Waals surface area contributed by atoms with Crippen molar-refractivity contribution < 1.29 is 0 Å². The zero-order chi connectivity index (χ0) is 9.97. The highest BCUT2D eigenvalue weighted by Crippen LogP contribution is 2.17. The minimum atomic E-state index is 0.798. The van der Waals surface area contributed by atoms with Gasteiger partial charge < -0.3 is 5.32 Å². The smallest absolute Gasteiger partial charge is 0.0626 e. The minimum absolute atomic E-state index is 0.798. The van der Waals surface area contributed by atoms with Crippen molar-refractivity contribution in [1.29, 1.82) is 0 Å². The Hall–Kier alpha value is -0.830. The van der Waals surface area contributed by atoms with E-state index in [9.17, 15) is 0 Å². The summed E-state index contributed by atoms with van der Waals surface area (Å²) in [6.07, 6.45) is 7.37. The fourth-order valence-corrected chi connectivity index (χ4v) is 1.92. The summed E-state index contributed by atoms with van der Waals surface area (Å²) in [7, 11) is 1.98. The number of rotatable bonds is 4. The Morgan fingerprint density at radius 2 is 2.36 bits per heavy atom. The van der Waals surface area contributed by atoms with Gasteiger partial charge in [0.05, 0.1) is 5.69 Å². The van der Waals surface area contributed by atoms with Gasteiger partial charge in [0.15, 0.2) is 0 Å². The summed E-state index contributed by atoms with van der Waals surface area (Å²) in [6, 6.07) is 0.798. The van der Waals surface area contributed by atoms with Gasteiger partial charge in [0.25, 0.3) is 0 Å².